The molecule has 2 N–H and O–H groups in total. The van der Waals surface area contributed by atoms with Crippen LogP contribution in [0.15, 0.2) is 6.20 Å². The highest BCUT2D eigenvalue weighted by Gasteiger charge is 2.18. The van der Waals surface area contributed by atoms with Crippen LogP contribution in [0.1, 0.15) is 16.8 Å². The Kier molecular flexibility index (Phi) is 4.57. The van der Waals surface area contributed by atoms with Crippen molar-refractivity contribution in [2.45, 2.75) is 19.6 Å². The Morgan fingerprint density at radius 2 is 1.74 bits per heavy atom. The van der Waals surface area contributed by atoms with E-state index in [1.54, 1.807) is 13.8 Å². The summed E-state index contributed by atoms with van der Waals surface area (Å²) in [5, 5.41) is 0. The van der Waals surface area contributed by atoms with Gasteiger partial charge in [-0.25, -0.2) is 16.8 Å². The predicted octanol–water partition coefficient (Wildman–Crippen LogP) is 0.240. The van der Waals surface area contributed by atoms with Gasteiger partial charge in [-0.05, 0) is 25.0 Å². The summed E-state index contributed by atoms with van der Waals surface area (Å²) in [7, 11) is -6.82. The first-order valence-corrected chi connectivity index (χ1v) is 9.49. The number of rotatable bonds is 5. The van der Waals surface area contributed by atoms with Gasteiger partial charge in [0.15, 0.2) is 9.84 Å². The van der Waals surface area contributed by atoms with E-state index in [0.717, 1.165) is 11.8 Å². The van der Waals surface area contributed by atoms with Gasteiger partial charge in [0.1, 0.15) is 9.84 Å². The summed E-state index contributed by atoms with van der Waals surface area (Å²) in [5.41, 5.74) is 8.12. The Morgan fingerprint density at radius 3 is 2.26 bits per heavy atom. The Labute approximate surface area is 113 Å². The highest BCUT2D eigenvalue weighted by Crippen LogP contribution is 2.19. The predicted molar refractivity (Wildman–Crippen MR) is 75.3 cm³/mol. The van der Waals surface area contributed by atoms with Gasteiger partial charge in [-0.1, -0.05) is 0 Å². The summed E-state index contributed by atoms with van der Waals surface area (Å²) in [5.74, 6) is -1.07. The lowest BCUT2D eigenvalue weighted by Crippen LogP contribution is -2.19. The highest BCUT2D eigenvalue weighted by atomic mass is 32.2. The van der Waals surface area contributed by atoms with Crippen LogP contribution < -0.4 is 5.73 Å². The molecule has 1 heterocycles. The maximum absolute atomic E-state index is 11.8. The smallest absolute Gasteiger partial charge is 0.157 e. The molecule has 0 atom stereocenters. The molecule has 0 radical (unpaired) electrons. The SMILES string of the molecule is Cc1cnc(CS(=O)(=O)CCS(C)(=O)=O)c(C)c1N. The van der Waals surface area contributed by atoms with E-state index in [1.807, 2.05) is 0 Å². The van der Waals surface area contributed by atoms with Crippen LogP contribution in [0, 0.1) is 13.8 Å². The van der Waals surface area contributed by atoms with E-state index in [1.165, 1.54) is 6.20 Å². The third kappa shape index (κ3) is 4.79. The van der Waals surface area contributed by atoms with Crippen molar-refractivity contribution in [3.63, 3.8) is 0 Å². The van der Waals surface area contributed by atoms with Crippen LogP contribution in [0.2, 0.25) is 0 Å². The minimum absolute atomic E-state index is 0.293. The van der Waals surface area contributed by atoms with Crippen molar-refractivity contribution in [1.82, 2.24) is 4.98 Å². The van der Waals surface area contributed by atoms with Crippen molar-refractivity contribution in [2.75, 3.05) is 23.5 Å². The molecule has 1 aromatic rings. The molecule has 6 nitrogen and oxygen atoms in total. The largest absolute Gasteiger partial charge is 0.398 e. The molecular formula is C11H18N2O4S2. The summed E-state index contributed by atoms with van der Waals surface area (Å²) in [6.45, 7) is 3.49. The van der Waals surface area contributed by atoms with Crippen molar-refractivity contribution in [3.05, 3.63) is 23.0 Å². The average Bonchev–Trinajstić information content (AvgIpc) is 2.27. The van der Waals surface area contributed by atoms with E-state index >= 15 is 0 Å². The van der Waals surface area contributed by atoms with E-state index in [4.69, 9.17) is 5.73 Å². The van der Waals surface area contributed by atoms with Gasteiger partial charge < -0.3 is 5.73 Å². The lowest BCUT2D eigenvalue weighted by Gasteiger charge is -2.10. The third-order valence-electron chi connectivity index (χ3n) is 2.80. The summed E-state index contributed by atoms with van der Waals surface area (Å²) in [6, 6.07) is 0. The van der Waals surface area contributed by atoms with Crippen molar-refractivity contribution < 1.29 is 16.8 Å². The van der Waals surface area contributed by atoms with E-state index in [-0.39, 0.29) is 11.5 Å². The van der Waals surface area contributed by atoms with Gasteiger partial charge in [0.2, 0.25) is 0 Å². The maximum atomic E-state index is 11.8. The number of hydrogen-bond acceptors (Lipinski definition) is 6. The van der Waals surface area contributed by atoms with Crippen molar-refractivity contribution in [3.8, 4) is 0 Å². The van der Waals surface area contributed by atoms with E-state index in [2.05, 4.69) is 4.98 Å². The Morgan fingerprint density at radius 1 is 1.16 bits per heavy atom. The number of aromatic nitrogens is 1. The van der Waals surface area contributed by atoms with Gasteiger partial charge in [-0.2, -0.15) is 0 Å². The first-order valence-electron chi connectivity index (χ1n) is 5.60. The number of anilines is 1. The Balaban J connectivity index is 2.94. The van der Waals surface area contributed by atoms with Gasteiger partial charge in [0, 0.05) is 18.1 Å². The van der Waals surface area contributed by atoms with Gasteiger partial charge in [-0.3, -0.25) is 4.98 Å². The van der Waals surface area contributed by atoms with Crippen LogP contribution in [-0.2, 0) is 25.4 Å². The lowest BCUT2D eigenvalue weighted by atomic mass is 10.1. The molecule has 0 aliphatic heterocycles. The molecule has 0 unspecified atom stereocenters. The second-order valence-corrected chi connectivity index (χ2v) is 9.09. The fraction of sp³-hybridized carbons (Fsp3) is 0.545. The third-order valence-corrected chi connectivity index (χ3v) is 5.54. The second-order valence-electron chi connectivity index (χ2n) is 4.65. The first-order chi connectivity index (χ1) is 8.52. The quantitative estimate of drug-likeness (QED) is 0.835. The van der Waals surface area contributed by atoms with Gasteiger partial charge >= 0.3 is 0 Å². The maximum Gasteiger partial charge on any atom is 0.157 e. The fourth-order valence-corrected chi connectivity index (χ4v) is 4.58. The van der Waals surface area contributed by atoms with Crippen LogP contribution in [-0.4, -0.2) is 39.6 Å². The molecule has 0 amide bonds. The molecule has 0 aliphatic carbocycles. The molecule has 8 heteroatoms. The zero-order valence-electron chi connectivity index (χ0n) is 11.2. The van der Waals surface area contributed by atoms with E-state index in [9.17, 15) is 16.8 Å². The second kappa shape index (κ2) is 5.46. The molecule has 19 heavy (non-hydrogen) atoms. The minimum atomic E-state index is -3.52. The molecule has 108 valence electrons. The van der Waals surface area contributed by atoms with Crippen LogP contribution in [0.3, 0.4) is 0 Å². The molecule has 1 rings (SSSR count). The zero-order chi connectivity index (χ0) is 14.8. The van der Waals surface area contributed by atoms with Crippen LogP contribution in [0.25, 0.3) is 0 Å². The zero-order valence-corrected chi connectivity index (χ0v) is 12.8. The summed E-state index contributed by atoms with van der Waals surface area (Å²) in [4.78, 5) is 4.06. The molecule has 0 aromatic carbocycles. The number of sulfone groups is 2. The minimum Gasteiger partial charge on any atom is -0.398 e. The summed E-state index contributed by atoms with van der Waals surface area (Å²) in [6.07, 6.45) is 2.53. The number of nitrogens with zero attached hydrogens (tertiary/aromatic N) is 1. The van der Waals surface area contributed by atoms with Gasteiger partial charge in [0.05, 0.1) is 23.0 Å². The molecule has 0 saturated carbocycles. The van der Waals surface area contributed by atoms with Crippen LogP contribution >= 0.6 is 0 Å². The van der Waals surface area contributed by atoms with E-state index in [0.29, 0.717) is 16.9 Å². The molecule has 0 spiro atoms. The number of hydrogen-bond donors (Lipinski definition) is 1. The Hall–Kier alpha value is -1.15. The van der Waals surface area contributed by atoms with Crippen molar-refractivity contribution in [2.24, 2.45) is 0 Å². The normalized spacial score (nSPS) is 12.6. The molecule has 1 aromatic heterocycles. The number of nitrogens with two attached hydrogens (primary N) is 1. The van der Waals surface area contributed by atoms with Crippen molar-refractivity contribution in [1.29, 1.82) is 0 Å². The summed E-state index contributed by atoms with van der Waals surface area (Å²) >= 11 is 0. The van der Waals surface area contributed by atoms with Gasteiger partial charge in [-0.15, -0.1) is 0 Å². The molecular weight excluding hydrogens is 288 g/mol. The molecule has 0 saturated heterocycles. The topological polar surface area (TPSA) is 107 Å². The van der Waals surface area contributed by atoms with Crippen LogP contribution in [0.4, 0.5) is 5.69 Å². The van der Waals surface area contributed by atoms with Crippen molar-refractivity contribution >= 4 is 25.4 Å². The van der Waals surface area contributed by atoms with E-state index < -0.39 is 25.4 Å². The fourth-order valence-electron chi connectivity index (χ4n) is 1.50. The number of aryl methyl sites for hydroxylation is 1. The molecule has 0 fully saturated rings. The summed E-state index contributed by atoms with van der Waals surface area (Å²) < 4.78 is 45.7. The van der Waals surface area contributed by atoms with Crippen LogP contribution in [0.5, 0.6) is 0 Å². The molecule has 0 aliphatic rings. The molecule has 0 bridgehead atoms. The monoisotopic (exact) mass is 306 g/mol. The standard InChI is InChI=1S/C11H18N2O4S2/c1-8-6-13-10(9(2)11(8)12)7-19(16,17)5-4-18(3,14)15/h6H,4-5,7H2,1-3H3,(H2,12,13). The number of pyridine rings is 1. The number of nitrogen functional groups attached to an aromatic ring is 1. The lowest BCUT2D eigenvalue weighted by molar-refractivity contribution is 0.589. The first kappa shape index (κ1) is 15.9. The highest BCUT2D eigenvalue weighted by molar-refractivity contribution is 7.94. The Bertz CT molecular complexity index is 679. The average molecular weight is 306 g/mol. The van der Waals surface area contributed by atoms with Gasteiger partial charge in [0.25, 0.3) is 0 Å².